The standard InChI is InChI=1S/C15H27N2O/c1-16(2)10-12-18-13-11-17(3,4)14-15-8-6-5-7-9-15/h5-9H,10-14H2,1-4H3/q+1. The first-order valence-corrected chi connectivity index (χ1v) is 6.58. The maximum atomic E-state index is 5.66. The van der Waals surface area contributed by atoms with E-state index in [0.717, 1.165) is 37.3 Å². The van der Waals surface area contributed by atoms with Crippen LogP contribution in [-0.4, -0.2) is 63.9 Å². The van der Waals surface area contributed by atoms with Gasteiger partial charge in [0.15, 0.2) is 0 Å². The zero-order valence-electron chi connectivity index (χ0n) is 12.2. The van der Waals surface area contributed by atoms with Gasteiger partial charge in [-0.2, -0.15) is 0 Å². The number of hydrogen-bond acceptors (Lipinski definition) is 2. The number of quaternary nitrogens is 1. The lowest BCUT2D eigenvalue weighted by atomic mass is 10.2. The third kappa shape index (κ3) is 6.74. The number of likely N-dealkylation sites (N-methyl/N-ethyl adjacent to an activating group) is 2. The molecule has 0 aliphatic rings. The lowest BCUT2D eigenvalue weighted by molar-refractivity contribution is -0.904. The molecule has 0 radical (unpaired) electrons. The van der Waals surface area contributed by atoms with Gasteiger partial charge in [-0.15, -0.1) is 0 Å². The molecule has 0 bridgehead atoms. The number of nitrogens with zero attached hydrogens (tertiary/aromatic N) is 2. The molecule has 1 rings (SSSR count). The van der Waals surface area contributed by atoms with Gasteiger partial charge < -0.3 is 14.1 Å². The summed E-state index contributed by atoms with van der Waals surface area (Å²) >= 11 is 0. The maximum absolute atomic E-state index is 5.66. The fourth-order valence-corrected chi connectivity index (χ4v) is 1.82. The minimum atomic E-state index is 0.818. The van der Waals surface area contributed by atoms with Gasteiger partial charge in [-0.1, -0.05) is 30.3 Å². The van der Waals surface area contributed by atoms with E-state index in [9.17, 15) is 0 Å². The van der Waals surface area contributed by atoms with Crippen LogP contribution in [0.2, 0.25) is 0 Å². The van der Waals surface area contributed by atoms with Crippen molar-refractivity contribution in [3.05, 3.63) is 35.9 Å². The lowest BCUT2D eigenvalue weighted by Gasteiger charge is -2.29. The summed E-state index contributed by atoms with van der Waals surface area (Å²) in [5.74, 6) is 0. The Morgan fingerprint density at radius 2 is 1.72 bits per heavy atom. The normalized spacial score (nSPS) is 12.1. The van der Waals surface area contributed by atoms with Crippen LogP contribution in [0.3, 0.4) is 0 Å². The summed E-state index contributed by atoms with van der Waals surface area (Å²) in [4.78, 5) is 2.14. The molecule has 3 nitrogen and oxygen atoms in total. The molecule has 0 spiro atoms. The van der Waals surface area contributed by atoms with Crippen molar-refractivity contribution >= 4 is 0 Å². The van der Waals surface area contributed by atoms with Crippen LogP contribution in [0.15, 0.2) is 30.3 Å². The predicted octanol–water partition coefficient (Wildman–Crippen LogP) is 1.84. The van der Waals surface area contributed by atoms with Gasteiger partial charge in [0, 0.05) is 12.1 Å². The second-order valence-electron chi connectivity index (χ2n) is 5.72. The summed E-state index contributed by atoms with van der Waals surface area (Å²) < 4.78 is 6.63. The molecule has 0 aliphatic carbocycles. The Balaban J connectivity index is 2.23. The topological polar surface area (TPSA) is 12.5 Å². The first kappa shape index (κ1) is 15.2. The largest absolute Gasteiger partial charge is 0.374 e. The van der Waals surface area contributed by atoms with Gasteiger partial charge in [0.05, 0.1) is 27.3 Å². The molecule has 0 N–H and O–H groups in total. The predicted molar refractivity (Wildman–Crippen MR) is 76.5 cm³/mol. The van der Waals surface area contributed by atoms with Gasteiger partial charge in [0.1, 0.15) is 13.1 Å². The Labute approximate surface area is 112 Å². The monoisotopic (exact) mass is 251 g/mol. The van der Waals surface area contributed by atoms with Gasteiger partial charge in [0.2, 0.25) is 0 Å². The minimum Gasteiger partial charge on any atom is -0.374 e. The first-order valence-electron chi connectivity index (χ1n) is 6.58. The number of hydrogen-bond donors (Lipinski definition) is 0. The van der Waals surface area contributed by atoms with Crippen molar-refractivity contribution < 1.29 is 9.22 Å². The van der Waals surface area contributed by atoms with Crippen molar-refractivity contribution in [2.45, 2.75) is 6.54 Å². The zero-order valence-corrected chi connectivity index (χ0v) is 12.2. The number of ether oxygens (including phenoxy) is 1. The fourth-order valence-electron chi connectivity index (χ4n) is 1.82. The summed E-state index contributed by atoms with van der Waals surface area (Å²) in [7, 11) is 8.64. The highest BCUT2D eigenvalue weighted by atomic mass is 16.5. The van der Waals surface area contributed by atoms with Crippen LogP contribution in [0.5, 0.6) is 0 Å². The molecule has 102 valence electrons. The third-order valence-corrected chi connectivity index (χ3v) is 2.98. The van der Waals surface area contributed by atoms with Crippen molar-refractivity contribution in [2.75, 3.05) is 54.5 Å². The molecule has 0 aromatic heterocycles. The summed E-state index contributed by atoms with van der Waals surface area (Å²) in [6, 6.07) is 10.6. The average molecular weight is 251 g/mol. The van der Waals surface area contributed by atoms with E-state index in [1.165, 1.54) is 5.56 Å². The molecule has 3 heteroatoms. The Kier molecular flexibility index (Phi) is 6.33. The van der Waals surface area contributed by atoms with E-state index in [4.69, 9.17) is 4.74 Å². The molecule has 0 unspecified atom stereocenters. The Bertz CT molecular complexity index is 323. The Morgan fingerprint density at radius 1 is 1.06 bits per heavy atom. The zero-order chi connectivity index (χ0) is 13.4. The molecule has 0 saturated heterocycles. The summed E-state index contributed by atoms with van der Waals surface area (Å²) in [6.45, 7) is 4.73. The van der Waals surface area contributed by atoms with E-state index in [-0.39, 0.29) is 0 Å². The van der Waals surface area contributed by atoms with Crippen molar-refractivity contribution in [2.24, 2.45) is 0 Å². The van der Waals surface area contributed by atoms with Crippen LogP contribution in [-0.2, 0) is 11.3 Å². The molecule has 0 atom stereocenters. The van der Waals surface area contributed by atoms with Gasteiger partial charge >= 0.3 is 0 Å². The van der Waals surface area contributed by atoms with Crippen LogP contribution >= 0.6 is 0 Å². The summed E-state index contributed by atoms with van der Waals surface area (Å²) in [6.07, 6.45) is 0. The van der Waals surface area contributed by atoms with E-state index in [0.29, 0.717) is 0 Å². The fraction of sp³-hybridized carbons (Fsp3) is 0.600. The quantitative estimate of drug-likeness (QED) is 0.516. The molecular weight excluding hydrogens is 224 g/mol. The van der Waals surface area contributed by atoms with Crippen molar-refractivity contribution in [1.29, 1.82) is 0 Å². The van der Waals surface area contributed by atoms with Crippen molar-refractivity contribution in [3.8, 4) is 0 Å². The second kappa shape index (κ2) is 7.52. The van der Waals surface area contributed by atoms with Gasteiger partial charge in [-0.25, -0.2) is 0 Å². The molecular formula is C15H27N2O+. The highest BCUT2D eigenvalue weighted by molar-refractivity contribution is 5.13. The van der Waals surface area contributed by atoms with Crippen LogP contribution in [0.4, 0.5) is 0 Å². The smallest absolute Gasteiger partial charge is 0.104 e. The van der Waals surface area contributed by atoms with Crippen LogP contribution in [0.25, 0.3) is 0 Å². The number of rotatable bonds is 8. The Morgan fingerprint density at radius 3 is 2.33 bits per heavy atom. The third-order valence-electron chi connectivity index (χ3n) is 2.98. The lowest BCUT2D eigenvalue weighted by Crippen LogP contribution is -2.41. The second-order valence-corrected chi connectivity index (χ2v) is 5.72. The first-order chi connectivity index (χ1) is 8.49. The molecule has 0 saturated carbocycles. The molecule has 0 aliphatic heterocycles. The van der Waals surface area contributed by atoms with Crippen molar-refractivity contribution in [1.82, 2.24) is 4.90 Å². The maximum Gasteiger partial charge on any atom is 0.104 e. The average Bonchev–Trinajstić information content (AvgIpc) is 2.28. The van der Waals surface area contributed by atoms with Gasteiger partial charge in [-0.3, -0.25) is 0 Å². The molecule has 0 fully saturated rings. The van der Waals surface area contributed by atoms with Gasteiger partial charge in [-0.05, 0) is 14.1 Å². The minimum absolute atomic E-state index is 0.818. The Hall–Kier alpha value is -0.900. The molecule has 0 amide bonds. The number of benzene rings is 1. The molecule has 1 aromatic rings. The van der Waals surface area contributed by atoms with E-state index in [1.54, 1.807) is 0 Å². The van der Waals surface area contributed by atoms with E-state index in [2.05, 4.69) is 63.4 Å². The van der Waals surface area contributed by atoms with Crippen LogP contribution < -0.4 is 0 Å². The SMILES string of the molecule is CN(C)CCOCC[N+](C)(C)Cc1ccccc1. The summed E-state index contributed by atoms with van der Waals surface area (Å²) in [5.41, 5.74) is 1.38. The van der Waals surface area contributed by atoms with Crippen molar-refractivity contribution in [3.63, 3.8) is 0 Å². The molecule has 1 aromatic carbocycles. The van der Waals surface area contributed by atoms with Gasteiger partial charge in [0.25, 0.3) is 0 Å². The van der Waals surface area contributed by atoms with E-state index < -0.39 is 0 Å². The molecule has 0 heterocycles. The van der Waals surface area contributed by atoms with E-state index in [1.807, 2.05) is 0 Å². The highest BCUT2D eigenvalue weighted by Gasteiger charge is 2.15. The molecule has 18 heavy (non-hydrogen) atoms. The van der Waals surface area contributed by atoms with Crippen LogP contribution in [0, 0.1) is 0 Å². The summed E-state index contributed by atoms with van der Waals surface area (Å²) in [5, 5.41) is 0. The highest BCUT2D eigenvalue weighted by Crippen LogP contribution is 2.08. The van der Waals surface area contributed by atoms with Crippen LogP contribution in [0.1, 0.15) is 5.56 Å². The van der Waals surface area contributed by atoms with E-state index >= 15 is 0 Å².